The van der Waals surface area contributed by atoms with E-state index in [4.69, 9.17) is 17.3 Å². The van der Waals surface area contributed by atoms with Gasteiger partial charge in [-0.1, -0.05) is 37.6 Å². The van der Waals surface area contributed by atoms with Gasteiger partial charge < -0.3 is 10.6 Å². The van der Waals surface area contributed by atoms with E-state index in [1.807, 2.05) is 12.1 Å². The number of hydrogen-bond donors (Lipinski definition) is 1. The SMILES string of the molecule is CC(C)CN1CCC(CN)(c2ccc(Cl)cc2)CC1. The summed E-state index contributed by atoms with van der Waals surface area (Å²) in [5.41, 5.74) is 7.60. The van der Waals surface area contributed by atoms with E-state index in [9.17, 15) is 0 Å². The highest BCUT2D eigenvalue weighted by atomic mass is 35.5. The van der Waals surface area contributed by atoms with Gasteiger partial charge in [-0.25, -0.2) is 0 Å². The summed E-state index contributed by atoms with van der Waals surface area (Å²) in [6, 6.07) is 8.25. The van der Waals surface area contributed by atoms with Crippen molar-refractivity contribution in [1.82, 2.24) is 4.90 Å². The molecule has 1 aromatic carbocycles. The van der Waals surface area contributed by atoms with Crippen LogP contribution in [-0.4, -0.2) is 31.1 Å². The monoisotopic (exact) mass is 280 g/mol. The largest absolute Gasteiger partial charge is 0.330 e. The molecule has 0 aliphatic carbocycles. The maximum Gasteiger partial charge on any atom is 0.0406 e. The zero-order valence-corrected chi connectivity index (χ0v) is 12.8. The van der Waals surface area contributed by atoms with Gasteiger partial charge in [0.15, 0.2) is 0 Å². The number of nitrogens with two attached hydrogens (primary N) is 1. The molecule has 0 aromatic heterocycles. The first-order valence-electron chi connectivity index (χ1n) is 7.24. The van der Waals surface area contributed by atoms with Gasteiger partial charge in [-0.05, 0) is 49.5 Å². The van der Waals surface area contributed by atoms with Gasteiger partial charge in [0.1, 0.15) is 0 Å². The molecule has 0 bridgehead atoms. The number of nitrogens with zero attached hydrogens (tertiary/aromatic N) is 1. The van der Waals surface area contributed by atoms with Crippen molar-refractivity contribution in [1.29, 1.82) is 0 Å². The third kappa shape index (κ3) is 3.50. The number of benzene rings is 1. The van der Waals surface area contributed by atoms with Crippen molar-refractivity contribution in [3.05, 3.63) is 34.9 Å². The lowest BCUT2D eigenvalue weighted by molar-refractivity contribution is 0.148. The molecule has 2 rings (SSSR count). The second-order valence-electron chi connectivity index (χ2n) is 6.19. The van der Waals surface area contributed by atoms with Crippen molar-refractivity contribution in [3.63, 3.8) is 0 Å². The zero-order chi connectivity index (χ0) is 13.9. The van der Waals surface area contributed by atoms with Gasteiger partial charge >= 0.3 is 0 Å². The van der Waals surface area contributed by atoms with Crippen LogP contribution in [0.25, 0.3) is 0 Å². The summed E-state index contributed by atoms with van der Waals surface area (Å²) >= 11 is 5.98. The topological polar surface area (TPSA) is 29.3 Å². The third-order valence-electron chi connectivity index (χ3n) is 4.28. The highest BCUT2D eigenvalue weighted by molar-refractivity contribution is 6.30. The minimum atomic E-state index is 0.151. The summed E-state index contributed by atoms with van der Waals surface area (Å²) in [6.45, 7) is 8.79. The Bertz CT molecular complexity index is 392. The van der Waals surface area contributed by atoms with Crippen LogP contribution in [0.5, 0.6) is 0 Å². The van der Waals surface area contributed by atoms with Gasteiger partial charge in [0, 0.05) is 23.5 Å². The predicted octanol–water partition coefficient (Wildman–Crippen LogP) is 3.29. The molecular weight excluding hydrogens is 256 g/mol. The molecule has 106 valence electrons. The van der Waals surface area contributed by atoms with Gasteiger partial charge in [-0.2, -0.15) is 0 Å². The molecule has 19 heavy (non-hydrogen) atoms. The standard InChI is InChI=1S/C16H25ClN2/c1-13(2)11-19-9-7-16(12-18,8-10-19)14-3-5-15(17)6-4-14/h3-6,13H,7-12,18H2,1-2H3. The van der Waals surface area contributed by atoms with Crippen LogP contribution >= 0.6 is 11.6 Å². The molecule has 0 amide bonds. The lowest BCUT2D eigenvalue weighted by atomic mass is 9.73. The third-order valence-corrected chi connectivity index (χ3v) is 4.54. The van der Waals surface area contributed by atoms with Crippen LogP contribution < -0.4 is 5.73 Å². The van der Waals surface area contributed by atoms with Gasteiger partial charge in [0.2, 0.25) is 0 Å². The molecule has 0 unspecified atom stereocenters. The van der Waals surface area contributed by atoms with Gasteiger partial charge in [-0.15, -0.1) is 0 Å². The molecule has 1 saturated heterocycles. The van der Waals surface area contributed by atoms with Crippen molar-refractivity contribution in [3.8, 4) is 0 Å². The summed E-state index contributed by atoms with van der Waals surface area (Å²) in [7, 11) is 0. The van der Waals surface area contributed by atoms with E-state index < -0.39 is 0 Å². The van der Waals surface area contributed by atoms with Gasteiger partial charge in [-0.3, -0.25) is 0 Å². The lowest BCUT2D eigenvalue weighted by Crippen LogP contribution is -2.47. The predicted molar refractivity (Wildman–Crippen MR) is 82.7 cm³/mol. The van der Waals surface area contributed by atoms with Crippen molar-refractivity contribution in [2.45, 2.75) is 32.1 Å². The lowest BCUT2D eigenvalue weighted by Gasteiger charge is -2.42. The summed E-state index contributed by atoms with van der Waals surface area (Å²) in [5, 5.41) is 0.799. The minimum Gasteiger partial charge on any atom is -0.330 e. The Labute approximate surface area is 121 Å². The Morgan fingerprint density at radius 1 is 1.21 bits per heavy atom. The molecular formula is C16H25ClN2. The fourth-order valence-electron chi connectivity index (χ4n) is 3.09. The first-order valence-corrected chi connectivity index (χ1v) is 7.62. The van der Waals surface area contributed by atoms with E-state index >= 15 is 0 Å². The van der Waals surface area contributed by atoms with E-state index in [2.05, 4.69) is 30.9 Å². The number of hydrogen-bond acceptors (Lipinski definition) is 2. The molecule has 0 radical (unpaired) electrons. The van der Waals surface area contributed by atoms with Crippen LogP contribution in [0.1, 0.15) is 32.3 Å². The molecule has 1 aliphatic rings. The van der Waals surface area contributed by atoms with Crippen molar-refractivity contribution < 1.29 is 0 Å². The van der Waals surface area contributed by atoms with Crippen LogP contribution in [0.3, 0.4) is 0 Å². The molecule has 1 heterocycles. The summed E-state index contributed by atoms with van der Waals surface area (Å²) < 4.78 is 0. The fourth-order valence-corrected chi connectivity index (χ4v) is 3.22. The molecule has 0 atom stereocenters. The Morgan fingerprint density at radius 3 is 2.26 bits per heavy atom. The van der Waals surface area contributed by atoms with E-state index in [0.29, 0.717) is 0 Å². The number of rotatable bonds is 4. The number of piperidine rings is 1. The van der Waals surface area contributed by atoms with Crippen molar-refractivity contribution in [2.24, 2.45) is 11.7 Å². The smallest absolute Gasteiger partial charge is 0.0406 e. The minimum absolute atomic E-state index is 0.151. The van der Waals surface area contributed by atoms with Gasteiger partial charge in [0.25, 0.3) is 0 Å². The first kappa shape index (κ1) is 14.8. The highest BCUT2D eigenvalue weighted by Gasteiger charge is 2.34. The van der Waals surface area contributed by atoms with E-state index in [1.165, 1.54) is 12.1 Å². The normalized spacial score (nSPS) is 19.8. The van der Waals surface area contributed by atoms with E-state index in [1.54, 1.807) is 0 Å². The average molecular weight is 281 g/mol. The Kier molecular flexibility index (Phi) is 4.88. The molecule has 1 aliphatic heterocycles. The Morgan fingerprint density at radius 2 is 1.79 bits per heavy atom. The van der Waals surface area contributed by atoms with Crippen LogP contribution in [0.2, 0.25) is 5.02 Å². The maximum atomic E-state index is 6.10. The molecule has 2 nitrogen and oxygen atoms in total. The molecule has 1 aromatic rings. The summed E-state index contributed by atoms with van der Waals surface area (Å²) in [5.74, 6) is 0.737. The van der Waals surface area contributed by atoms with E-state index in [-0.39, 0.29) is 5.41 Å². The quantitative estimate of drug-likeness (QED) is 0.917. The van der Waals surface area contributed by atoms with E-state index in [0.717, 1.165) is 43.4 Å². The summed E-state index contributed by atoms with van der Waals surface area (Å²) in [6.07, 6.45) is 2.30. The molecule has 0 saturated carbocycles. The number of likely N-dealkylation sites (tertiary alicyclic amines) is 1. The van der Waals surface area contributed by atoms with Crippen LogP contribution in [0, 0.1) is 5.92 Å². The van der Waals surface area contributed by atoms with Gasteiger partial charge in [0.05, 0.1) is 0 Å². The highest BCUT2D eigenvalue weighted by Crippen LogP contribution is 2.35. The second kappa shape index (κ2) is 6.25. The Hall–Kier alpha value is -0.570. The molecule has 0 spiro atoms. The van der Waals surface area contributed by atoms with Crippen LogP contribution in [-0.2, 0) is 5.41 Å². The fraction of sp³-hybridized carbons (Fsp3) is 0.625. The average Bonchev–Trinajstić information content (AvgIpc) is 2.40. The maximum absolute atomic E-state index is 6.10. The molecule has 1 fully saturated rings. The van der Waals surface area contributed by atoms with Crippen molar-refractivity contribution in [2.75, 3.05) is 26.2 Å². The van der Waals surface area contributed by atoms with Crippen molar-refractivity contribution >= 4 is 11.6 Å². The number of halogens is 1. The molecule has 3 heteroatoms. The molecule has 2 N–H and O–H groups in total. The first-order chi connectivity index (χ1) is 9.05. The van der Waals surface area contributed by atoms with Crippen LogP contribution in [0.4, 0.5) is 0 Å². The zero-order valence-electron chi connectivity index (χ0n) is 12.0. The Balaban J connectivity index is 2.07. The summed E-state index contributed by atoms with van der Waals surface area (Å²) in [4.78, 5) is 2.56. The van der Waals surface area contributed by atoms with Crippen LogP contribution in [0.15, 0.2) is 24.3 Å². The second-order valence-corrected chi connectivity index (χ2v) is 6.62.